The van der Waals surface area contributed by atoms with Crippen molar-refractivity contribution in [1.82, 2.24) is 24.5 Å². The highest BCUT2D eigenvalue weighted by Crippen LogP contribution is 2.22. The second-order valence-electron chi connectivity index (χ2n) is 7.20. The van der Waals surface area contributed by atoms with Crippen LogP contribution in [0.1, 0.15) is 5.56 Å². The van der Waals surface area contributed by atoms with E-state index in [2.05, 4.69) is 10.00 Å². The maximum atomic E-state index is 12.7. The van der Waals surface area contributed by atoms with Gasteiger partial charge >= 0.3 is 0 Å². The molecule has 28 heavy (non-hydrogen) atoms. The number of aliphatic hydroxyl groups excluding tert-OH is 1. The summed E-state index contributed by atoms with van der Waals surface area (Å²) >= 11 is 6.05. The Morgan fingerprint density at radius 2 is 2.07 bits per heavy atom. The number of halogens is 1. The normalized spacial score (nSPS) is 23.2. The fraction of sp³-hybridized carbons (Fsp3) is 0.421. The molecule has 9 heteroatoms. The first-order valence-corrected chi connectivity index (χ1v) is 9.55. The van der Waals surface area contributed by atoms with Crippen LogP contribution in [-0.4, -0.2) is 86.8 Å². The third kappa shape index (κ3) is 3.39. The van der Waals surface area contributed by atoms with E-state index in [0.29, 0.717) is 31.2 Å². The molecule has 1 N–H and O–H groups in total. The van der Waals surface area contributed by atoms with Gasteiger partial charge in [0.05, 0.1) is 18.5 Å². The number of benzene rings is 1. The van der Waals surface area contributed by atoms with Crippen molar-refractivity contribution >= 4 is 23.4 Å². The second-order valence-corrected chi connectivity index (χ2v) is 7.64. The Hall–Kier alpha value is -2.42. The van der Waals surface area contributed by atoms with Crippen molar-refractivity contribution < 1.29 is 14.7 Å². The average Bonchev–Trinajstić information content (AvgIpc) is 3.15. The van der Waals surface area contributed by atoms with Crippen molar-refractivity contribution in [1.29, 1.82) is 0 Å². The molecule has 4 rings (SSSR count). The molecule has 2 aliphatic rings. The van der Waals surface area contributed by atoms with Crippen LogP contribution >= 0.6 is 11.6 Å². The maximum absolute atomic E-state index is 12.7. The molecule has 2 aliphatic heterocycles. The zero-order valence-corrected chi connectivity index (χ0v) is 16.3. The Balaban J connectivity index is 1.45. The van der Waals surface area contributed by atoms with Gasteiger partial charge in [0, 0.05) is 50.0 Å². The van der Waals surface area contributed by atoms with Crippen LogP contribution in [0.2, 0.25) is 5.02 Å². The summed E-state index contributed by atoms with van der Waals surface area (Å²) in [5.41, 5.74) is 1.90. The van der Waals surface area contributed by atoms with Crippen molar-refractivity contribution in [2.45, 2.75) is 18.6 Å². The molecule has 0 aliphatic carbocycles. The first-order valence-electron chi connectivity index (χ1n) is 9.18. The van der Waals surface area contributed by atoms with Crippen molar-refractivity contribution in [3.8, 4) is 5.69 Å². The number of carbonyl (C=O) groups excluding carboxylic acids is 2. The number of piperazine rings is 2. The van der Waals surface area contributed by atoms with Gasteiger partial charge in [-0.2, -0.15) is 5.10 Å². The minimum absolute atomic E-state index is 0.127. The predicted molar refractivity (Wildman–Crippen MR) is 103 cm³/mol. The molecule has 8 nitrogen and oxygen atoms in total. The average molecular weight is 404 g/mol. The van der Waals surface area contributed by atoms with E-state index >= 15 is 0 Å². The third-order valence-corrected chi connectivity index (χ3v) is 5.66. The lowest BCUT2D eigenvalue weighted by Crippen LogP contribution is -2.69. The minimum Gasteiger partial charge on any atom is -0.394 e. The number of amides is 2. The second kappa shape index (κ2) is 7.54. The van der Waals surface area contributed by atoms with Crippen LogP contribution < -0.4 is 0 Å². The number of fused-ring (bicyclic) bond motifs is 1. The molecule has 2 atom stereocenters. The Morgan fingerprint density at radius 3 is 2.82 bits per heavy atom. The summed E-state index contributed by atoms with van der Waals surface area (Å²) in [5, 5.41) is 14.5. The van der Waals surface area contributed by atoms with Crippen LogP contribution in [-0.2, 0) is 16.1 Å². The number of likely N-dealkylation sites (N-methyl/N-ethyl adjacent to an activating group) is 1. The van der Waals surface area contributed by atoms with Crippen molar-refractivity contribution in [2.75, 3.05) is 33.3 Å². The van der Waals surface area contributed by atoms with Gasteiger partial charge in [-0.3, -0.25) is 14.5 Å². The van der Waals surface area contributed by atoms with Crippen LogP contribution in [0, 0.1) is 0 Å². The van der Waals surface area contributed by atoms with Crippen molar-refractivity contribution in [3.05, 3.63) is 47.2 Å². The quantitative estimate of drug-likeness (QED) is 0.797. The molecule has 0 saturated carbocycles. The number of hydrogen-bond donors (Lipinski definition) is 1. The fourth-order valence-electron chi connectivity index (χ4n) is 3.86. The molecular weight excluding hydrogens is 382 g/mol. The monoisotopic (exact) mass is 403 g/mol. The topological polar surface area (TPSA) is 81.9 Å². The molecule has 2 fully saturated rings. The van der Waals surface area contributed by atoms with Gasteiger partial charge in [-0.05, 0) is 18.2 Å². The highest BCUT2D eigenvalue weighted by Gasteiger charge is 2.46. The van der Waals surface area contributed by atoms with Crippen molar-refractivity contribution in [3.63, 3.8) is 0 Å². The highest BCUT2D eigenvalue weighted by molar-refractivity contribution is 6.30. The number of carbonyl (C=O) groups is 2. The van der Waals surface area contributed by atoms with Gasteiger partial charge in [0.2, 0.25) is 11.8 Å². The number of aromatic nitrogens is 2. The lowest BCUT2D eigenvalue weighted by atomic mass is 10.0. The summed E-state index contributed by atoms with van der Waals surface area (Å²) in [4.78, 5) is 30.3. The Labute approximate surface area is 167 Å². The van der Waals surface area contributed by atoms with Crippen LogP contribution in [0.5, 0.6) is 0 Å². The van der Waals surface area contributed by atoms with E-state index in [1.54, 1.807) is 22.8 Å². The largest absolute Gasteiger partial charge is 0.394 e. The number of hydrogen-bond acceptors (Lipinski definition) is 5. The number of aliphatic hydroxyl groups is 1. The molecular formula is C19H22ClN5O3. The van der Waals surface area contributed by atoms with Crippen LogP contribution in [0.4, 0.5) is 0 Å². The van der Waals surface area contributed by atoms with Gasteiger partial charge < -0.3 is 14.9 Å². The van der Waals surface area contributed by atoms with E-state index in [9.17, 15) is 14.7 Å². The summed E-state index contributed by atoms with van der Waals surface area (Å²) in [6.07, 6.45) is 3.74. The van der Waals surface area contributed by atoms with Gasteiger partial charge in [0.25, 0.3) is 0 Å². The van der Waals surface area contributed by atoms with E-state index in [1.165, 1.54) is 4.90 Å². The summed E-state index contributed by atoms with van der Waals surface area (Å²) in [7, 11) is 1.58. The molecule has 3 heterocycles. The van der Waals surface area contributed by atoms with Crippen molar-refractivity contribution in [2.24, 2.45) is 0 Å². The Morgan fingerprint density at radius 1 is 1.25 bits per heavy atom. The summed E-state index contributed by atoms with van der Waals surface area (Å²) in [6, 6.07) is 6.19. The molecule has 2 amide bonds. The Bertz CT molecular complexity index is 901. The van der Waals surface area contributed by atoms with Crippen LogP contribution in [0.25, 0.3) is 5.69 Å². The van der Waals surface area contributed by atoms with Crippen LogP contribution in [0.3, 0.4) is 0 Å². The zero-order chi connectivity index (χ0) is 19.8. The van der Waals surface area contributed by atoms with E-state index < -0.39 is 12.1 Å². The van der Waals surface area contributed by atoms with Gasteiger partial charge in [0.15, 0.2) is 0 Å². The van der Waals surface area contributed by atoms with Gasteiger partial charge in [0.1, 0.15) is 12.1 Å². The van der Waals surface area contributed by atoms with Gasteiger partial charge in [-0.15, -0.1) is 0 Å². The fourth-order valence-corrected chi connectivity index (χ4v) is 4.05. The maximum Gasteiger partial charge on any atom is 0.248 e. The SMILES string of the molecule is CN1C(=O)[C@H]2CN(Cc3cnn(-c4cccc(Cl)c4)c3)CCN2C(=O)[C@@H]1CO. The molecule has 0 unspecified atom stereocenters. The molecule has 0 spiro atoms. The summed E-state index contributed by atoms with van der Waals surface area (Å²) < 4.78 is 1.77. The number of rotatable bonds is 4. The van der Waals surface area contributed by atoms with E-state index in [-0.39, 0.29) is 18.4 Å². The molecule has 1 aromatic heterocycles. The molecule has 0 radical (unpaired) electrons. The predicted octanol–water partition coefficient (Wildman–Crippen LogP) is 0.371. The van der Waals surface area contributed by atoms with Crippen LogP contribution in [0.15, 0.2) is 36.7 Å². The molecule has 2 saturated heterocycles. The van der Waals surface area contributed by atoms with E-state index in [1.807, 2.05) is 30.5 Å². The van der Waals surface area contributed by atoms with Gasteiger partial charge in [-0.1, -0.05) is 17.7 Å². The summed E-state index contributed by atoms with van der Waals surface area (Å²) in [6.45, 7) is 1.90. The third-order valence-electron chi connectivity index (χ3n) is 5.42. The summed E-state index contributed by atoms with van der Waals surface area (Å²) in [5.74, 6) is -0.305. The first kappa shape index (κ1) is 18.9. The number of nitrogens with zero attached hydrogens (tertiary/aromatic N) is 5. The lowest BCUT2D eigenvalue weighted by molar-refractivity contribution is -0.165. The highest BCUT2D eigenvalue weighted by atomic mass is 35.5. The smallest absolute Gasteiger partial charge is 0.248 e. The lowest BCUT2D eigenvalue weighted by Gasteiger charge is -2.47. The molecule has 2 aromatic rings. The molecule has 148 valence electrons. The minimum atomic E-state index is -0.772. The van der Waals surface area contributed by atoms with E-state index in [0.717, 1.165) is 11.3 Å². The zero-order valence-electron chi connectivity index (χ0n) is 15.5. The van der Waals surface area contributed by atoms with E-state index in [4.69, 9.17) is 11.6 Å². The standard InChI is InChI=1S/C19H22ClN5O3/c1-22-17(12-26)19(28)24-6-5-23(11-16(24)18(22)27)9-13-8-21-25(10-13)15-4-2-3-14(20)7-15/h2-4,7-8,10,16-17,26H,5-6,9,11-12H2,1H3/t16-,17+/m1/s1. The van der Waals surface area contributed by atoms with Gasteiger partial charge in [-0.25, -0.2) is 4.68 Å². The first-order chi connectivity index (χ1) is 13.5. The molecule has 1 aromatic carbocycles. The molecule has 0 bridgehead atoms. The Kier molecular flexibility index (Phi) is 5.09.